The van der Waals surface area contributed by atoms with Gasteiger partial charge in [0.05, 0.1) is 0 Å². The summed E-state index contributed by atoms with van der Waals surface area (Å²) < 4.78 is 5.95. The molecule has 1 nitrogen and oxygen atoms in total. The van der Waals surface area contributed by atoms with Gasteiger partial charge in [-0.05, 0) is 12.8 Å². The van der Waals surface area contributed by atoms with E-state index in [-0.39, 0.29) is 0 Å². The highest BCUT2D eigenvalue weighted by atomic mass is 35.5. The van der Waals surface area contributed by atoms with Gasteiger partial charge in [0.2, 0.25) is 0 Å². The first-order chi connectivity index (χ1) is 7.95. The maximum absolute atomic E-state index is 6.46. The van der Waals surface area contributed by atoms with Crippen molar-refractivity contribution in [1.82, 2.24) is 0 Å². The first kappa shape index (κ1) is 18.1. The summed E-state index contributed by atoms with van der Waals surface area (Å²) in [5, 5.41) is -1.53. The van der Waals surface area contributed by atoms with E-state index in [1.165, 1.54) is 0 Å². The molecule has 0 heterocycles. The van der Waals surface area contributed by atoms with Crippen molar-refractivity contribution in [3.05, 3.63) is 0 Å². The highest BCUT2D eigenvalue weighted by Crippen LogP contribution is 2.39. The Morgan fingerprint density at radius 2 is 1.12 bits per heavy atom. The van der Waals surface area contributed by atoms with Gasteiger partial charge in [-0.3, -0.25) is 0 Å². The SMILES string of the molecule is CCCC(Cl)(CCCl)OC(Cl)(CCC)CCCl. The van der Waals surface area contributed by atoms with E-state index in [0.717, 1.165) is 25.7 Å². The Hall–Kier alpha value is 1.12. The van der Waals surface area contributed by atoms with Crippen molar-refractivity contribution in [2.75, 3.05) is 11.8 Å². The van der Waals surface area contributed by atoms with E-state index in [1.54, 1.807) is 0 Å². The monoisotopic (exact) mass is 322 g/mol. The van der Waals surface area contributed by atoms with E-state index in [4.69, 9.17) is 51.1 Å². The molecule has 0 saturated carbocycles. The molecular weight excluding hydrogens is 302 g/mol. The van der Waals surface area contributed by atoms with Gasteiger partial charge in [-0.1, -0.05) is 49.9 Å². The van der Waals surface area contributed by atoms with E-state index in [9.17, 15) is 0 Å². The molecule has 0 saturated heterocycles. The molecule has 5 heteroatoms. The zero-order valence-corrected chi connectivity index (χ0v) is 13.6. The largest absolute Gasteiger partial charge is 0.338 e. The first-order valence-corrected chi connectivity index (χ1v) is 7.97. The third-order valence-electron chi connectivity index (χ3n) is 2.55. The van der Waals surface area contributed by atoms with Gasteiger partial charge < -0.3 is 4.74 Å². The summed E-state index contributed by atoms with van der Waals surface area (Å²) in [6.45, 7) is 4.12. The fourth-order valence-corrected chi connectivity index (χ4v) is 3.52. The minimum atomic E-state index is -0.764. The molecule has 0 aliphatic carbocycles. The summed E-state index contributed by atoms with van der Waals surface area (Å²) in [5.41, 5.74) is 0. The molecule has 0 spiro atoms. The van der Waals surface area contributed by atoms with Crippen LogP contribution >= 0.6 is 46.4 Å². The molecule has 0 aromatic heterocycles. The molecule has 0 aliphatic rings. The predicted octanol–water partition coefficient (Wildman–Crippen LogP) is 5.73. The molecule has 0 aromatic rings. The van der Waals surface area contributed by atoms with Crippen LogP contribution in [0.2, 0.25) is 0 Å². The average molecular weight is 324 g/mol. The zero-order chi connectivity index (χ0) is 13.4. The molecular formula is C12H22Cl4O. The zero-order valence-electron chi connectivity index (χ0n) is 10.6. The normalized spacial score (nSPS) is 18.7. The van der Waals surface area contributed by atoms with Crippen molar-refractivity contribution in [3.63, 3.8) is 0 Å². The Kier molecular flexibility index (Phi) is 9.69. The Morgan fingerprint density at radius 1 is 0.765 bits per heavy atom. The Labute approximate surface area is 125 Å². The minimum absolute atomic E-state index is 0.462. The van der Waals surface area contributed by atoms with Crippen LogP contribution < -0.4 is 0 Å². The van der Waals surface area contributed by atoms with Crippen molar-refractivity contribution in [2.45, 2.75) is 62.5 Å². The number of halogens is 4. The summed E-state index contributed by atoms with van der Waals surface area (Å²) in [4.78, 5) is 0. The quantitative estimate of drug-likeness (QED) is 0.466. The van der Waals surface area contributed by atoms with E-state index >= 15 is 0 Å². The van der Waals surface area contributed by atoms with Gasteiger partial charge >= 0.3 is 0 Å². The molecule has 17 heavy (non-hydrogen) atoms. The van der Waals surface area contributed by atoms with Crippen LogP contribution in [-0.2, 0) is 4.74 Å². The van der Waals surface area contributed by atoms with E-state index < -0.39 is 10.1 Å². The standard InChI is InChI=1S/C12H22Cl4O/c1-3-5-11(15,7-9-13)17-12(16,6-4-2)8-10-14/h3-10H2,1-2H3. The van der Waals surface area contributed by atoms with Crippen LogP contribution in [-0.4, -0.2) is 21.9 Å². The lowest BCUT2D eigenvalue weighted by Gasteiger charge is -2.36. The number of rotatable bonds is 10. The number of hydrogen-bond donors (Lipinski definition) is 0. The van der Waals surface area contributed by atoms with Gasteiger partial charge in [-0.25, -0.2) is 0 Å². The first-order valence-electron chi connectivity index (χ1n) is 6.15. The van der Waals surface area contributed by atoms with Crippen molar-refractivity contribution >= 4 is 46.4 Å². The molecule has 0 N–H and O–H groups in total. The van der Waals surface area contributed by atoms with Gasteiger partial charge in [0.25, 0.3) is 0 Å². The molecule has 0 radical (unpaired) electrons. The van der Waals surface area contributed by atoms with Crippen LogP contribution in [0.15, 0.2) is 0 Å². The Balaban J connectivity index is 4.65. The molecule has 0 amide bonds. The highest BCUT2D eigenvalue weighted by molar-refractivity contribution is 6.26. The van der Waals surface area contributed by atoms with Crippen LogP contribution in [0.3, 0.4) is 0 Å². The summed E-state index contributed by atoms with van der Waals surface area (Å²) in [7, 11) is 0. The van der Waals surface area contributed by atoms with Gasteiger partial charge in [-0.2, -0.15) is 0 Å². The number of hydrogen-bond acceptors (Lipinski definition) is 1. The molecule has 2 unspecified atom stereocenters. The maximum Gasteiger partial charge on any atom is 0.145 e. The van der Waals surface area contributed by atoms with Gasteiger partial charge in [0.1, 0.15) is 10.1 Å². The van der Waals surface area contributed by atoms with Crippen LogP contribution in [0, 0.1) is 0 Å². The molecule has 2 atom stereocenters. The summed E-state index contributed by atoms with van der Waals surface area (Å²) in [6.07, 6.45) is 4.51. The Morgan fingerprint density at radius 3 is 1.35 bits per heavy atom. The number of alkyl halides is 4. The molecule has 0 bridgehead atoms. The van der Waals surface area contributed by atoms with Crippen molar-refractivity contribution < 1.29 is 4.74 Å². The van der Waals surface area contributed by atoms with Crippen molar-refractivity contribution in [1.29, 1.82) is 0 Å². The Bertz CT molecular complexity index is 167. The van der Waals surface area contributed by atoms with E-state index in [0.29, 0.717) is 24.6 Å². The lowest BCUT2D eigenvalue weighted by molar-refractivity contribution is -0.0778. The molecule has 0 rings (SSSR count). The third kappa shape index (κ3) is 7.32. The lowest BCUT2D eigenvalue weighted by Crippen LogP contribution is -2.38. The lowest BCUT2D eigenvalue weighted by atomic mass is 10.1. The van der Waals surface area contributed by atoms with Crippen molar-refractivity contribution in [2.24, 2.45) is 0 Å². The summed E-state index contributed by atoms with van der Waals surface area (Å²) in [5.74, 6) is 0.924. The van der Waals surface area contributed by atoms with E-state index in [2.05, 4.69) is 13.8 Å². The van der Waals surface area contributed by atoms with Crippen LogP contribution in [0.5, 0.6) is 0 Å². The second-order valence-corrected chi connectivity index (χ2v) is 6.38. The predicted molar refractivity (Wildman–Crippen MR) is 78.7 cm³/mol. The molecule has 0 fully saturated rings. The van der Waals surface area contributed by atoms with E-state index in [1.807, 2.05) is 0 Å². The molecule has 104 valence electrons. The smallest absolute Gasteiger partial charge is 0.145 e. The molecule has 0 aliphatic heterocycles. The second-order valence-electron chi connectivity index (χ2n) is 4.25. The van der Waals surface area contributed by atoms with Crippen LogP contribution in [0.4, 0.5) is 0 Å². The molecule has 0 aromatic carbocycles. The number of ether oxygens (including phenoxy) is 1. The fraction of sp³-hybridized carbons (Fsp3) is 1.00. The van der Waals surface area contributed by atoms with Crippen LogP contribution in [0.25, 0.3) is 0 Å². The highest BCUT2D eigenvalue weighted by Gasteiger charge is 2.37. The summed E-state index contributed by atoms with van der Waals surface area (Å²) >= 11 is 24.5. The topological polar surface area (TPSA) is 9.23 Å². The fourth-order valence-electron chi connectivity index (χ4n) is 1.81. The average Bonchev–Trinajstić information content (AvgIpc) is 2.17. The second kappa shape index (κ2) is 9.09. The van der Waals surface area contributed by atoms with Crippen molar-refractivity contribution in [3.8, 4) is 0 Å². The summed E-state index contributed by atoms with van der Waals surface area (Å²) in [6, 6.07) is 0. The van der Waals surface area contributed by atoms with Gasteiger partial charge in [0.15, 0.2) is 0 Å². The van der Waals surface area contributed by atoms with Crippen LogP contribution in [0.1, 0.15) is 52.4 Å². The minimum Gasteiger partial charge on any atom is -0.338 e. The van der Waals surface area contributed by atoms with Gasteiger partial charge in [0, 0.05) is 24.6 Å². The third-order valence-corrected chi connectivity index (χ3v) is 3.84. The van der Waals surface area contributed by atoms with Gasteiger partial charge in [-0.15, -0.1) is 23.2 Å². The maximum atomic E-state index is 6.46.